The van der Waals surface area contributed by atoms with E-state index in [0.717, 1.165) is 0 Å². The van der Waals surface area contributed by atoms with Crippen LogP contribution in [0.2, 0.25) is 0 Å². The van der Waals surface area contributed by atoms with E-state index in [0.29, 0.717) is 38.1 Å². The van der Waals surface area contributed by atoms with E-state index in [1.54, 1.807) is 36.9 Å². The molecule has 8 nitrogen and oxygen atoms in total. The summed E-state index contributed by atoms with van der Waals surface area (Å²) in [5.74, 6) is -0.392. The SMILES string of the molecule is CCOC(=O)N1CCC(NC(=O)CNS(=O)(=O)c2ccccc2C)CC1. The van der Waals surface area contributed by atoms with E-state index in [1.807, 2.05) is 0 Å². The molecule has 1 heterocycles. The molecule has 0 unspecified atom stereocenters. The third-order valence-electron chi connectivity index (χ3n) is 4.19. The normalized spacial score (nSPS) is 15.5. The van der Waals surface area contributed by atoms with Gasteiger partial charge in [0.05, 0.1) is 18.0 Å². The minimum absolute atomic E-state index is 0.0869. The van der Waals surface area contributed by atoms with Gasteiger partial charge in [-0.2, -0.15) is 0 Å². The number of hydrogen-bond acceptors (Lipinski definition) is 5. The van der Waals surface area contributed by atoms with Crippen LogP contribution >= 0.6 is 0 Å². The molecule has 1 fully saturated rings. The maximum absolute atomic E-state index is 12.3. The lowest BCUT2D eigenvalue weighted by atomic mass is 10.1. The molecule has 0 atom stereocenters. The highest BCUT2D eigenvalue weighted by Crippen LogP contribution is 2.14. The number of hydrogen-bond donors (Lipinski definition) is 2. The number of likely N-dealkylation sites (tertiary alicyclic amines) is 1. The van der Waals surface area contributed by atoms with Crippen molar-refractivity contribution in [3.05, 3.63) is 29.8 Å². The van der Waals surface area contributed by atoms with Crippen LogP contribution in [-0.2, 0) is 19.6 Å². The van der Waals surface area contributed by atoms with Crippen LogP contribution in [0, 0.1) is 6.92 Å². The minimum atomic E-state index is -3.73. The van der Waals surface area contributed by atoms with Crippen LogP contribution in [0.25, 0.3) is 0 Å². The number of nitrogens with zero attached hydrogens (tertiary/aromatic N) is 1. The van der Waals surface area contributed by atoms with Crippen LogP contribution in [0.15, 0.2) is 29.2 Å². The van der Waals surface area contributed by atoms with Gasteiger partial charge in [0.15, 0.2) is 0 Å². The Morgan fingerprint density at radius 2 is 1.88 bits per heavy atom. The molecule has 2 N–H and O–H groups in total. The Hall–Kier alpha value is -2.13. The van der Waals surface area contributed by atoms with Gasteiger partial charge >= 0.3 is 6.09 Å². The number of benzene rings is 1. The molecule has 0 radical (unpaired) electrons. The quantitative estimate of drug-likeness (QED) is 0.763. The van der Waals surface area contributed by atoms with E-state index < -0.39 is 15.9 Å². The van der Waals surface area contributed by atoms with Crippen molar-refractivity contribution in [2.24, 2.45) is 0 Å². The maximum atomic E-state index is 12.3. The third-order valence-corrected chi connectivity index (χ3v) is 5.75. The lowest BCUT2D eigenvalue weighted by Crippen LogP contribution is -2.48. The second kappa shape index (κ2) is 9.00. The Bertz CT molecular complexity index is 743. The van der Waals surface area contributed by atoms with Gasteiger partial charge in [-0.05, 0) is 38.3 Å². The lowest BCUT2D eigenvalue weighted by molar-refractivity contribution is -0.120. The van der Waals surface area contributed by atoms with Crippen molar-refractivity contribution in [3.8, 4) is 0 Å². The van der Waals surface area contributed by atoms with Crippen molar-refractivity contribution in [2.75, 3.05) is 26.2 Å². The molecule has 0 spiro atoms. The first-order valence-corrected chi connectivity index (χ1v) is 10.1. The standard InChI is InChI=1S/C17H25N3O5S/c1-3-25-17(22)20-10-8-14(9-11-20)19-16(21)12-18-26(23,24)15-7-5-4-6-13(15)2/h4-7,14,18H,3,8-12H2,1-2H3,(H,19,21). The highest BCUT2D eigenvalue weighted by Gasteiger charge is 2.25. The van der Waals surface area contributed by atoms with Crippen molar-refractivity contribution in [2.45, 2.75) is 37.6 Å². The summed E-state index contributed by atoms with van der Waals surface area (Å²) in [4.78, 5) is 25.5. The van der Waals surface area contributed by atoms with Gasteiger partial charge < -0.3 is 15.0 Å². The van der Waals surface area contributed by atoms with Crippen molar-refractivity contribution in [1.82, 2.24) is 14.9 Å². The van der Waals surface area contributed by atoms with Gasteiger partial charge in [0.2, 0.25) is 15.9 Å². The first-order valence-electron chi connectivity index (χ1n) is 8.60. The van der Waals surface area contributed by atoms with Crippen molar-refractivity contribution >= 4 is 22.0 Å². The van der Waals surface area contributed by atoms with Crippen molar-refractivity contribution in [1.29, 1.82) is 0 Å². The number of carbonyl (C=O) groups is 2. The Kier molecular flexibility index (Phi) is 6.98. The maximum Gasteiger partial charge on any atom is 0.409 e. The molecular formula is C17H25N3O5S. The van der Waals surface area contributed by atoms with Crippen LogP contribution < -0.4 is 10.0 Å². The van der Waals surface area contributed by atoms with Crippen LogP contribution in [0.4, 0.5) is 4.79 Å². The average molecular weight is 383 g/mol. The summed E-state index contributed by atoms with van der Waals surface area (Å²) in [6, 6.07) is 6.51. The van der Waals surface area contributed by atoms with Crippen molar-refractivity contribution in [3.63, 3.8) is 0 Å². The second-order valence-electron chi connectivity index (χ2n) is 6.12. The largest absolute Gasteiger partial charge is 0.450 e. The Morgan fingerprint density at radius 3 is 2.50 bits per heavy atom. The molecule has 0 aromatic heterocycles. The molecule has 26 heavy (non-hydrogen) atoms. The molecule has 1 aromatic rings. The summed E-state index contributed by atoms with van der Waals surface area (Å²) in [6.45, 7) is 4.46. The smallest absolute Gasteiger partial charge is 0.409 e. The number of sulfonamides is 1. The first kappa shape index (κ1) is 20.2. The number of aryl methyl sites for hydroxylation is 1. The van der Waals surface area contributed by atoms with E-state index in [4.69, 9.17) is 4.74 Å². The molecule has 1 aliphatic rings. The van der Waals surface area contributed by atoms with E-state index >= 15 is 0 Å². The minimum Gasteiger partial charge on any atom is -0.450 e. The predicted octanol–water partition coefficient (Wildman–Crippen LogP) is 1.01. The topological polar surface area (TPSA) is 105 Å². The number of nitrogens with one attached hydrogen (secondary N) is 2. The molecule has 2 amide bonds. The Morgan fingerprint density at radius 1 is 1.23 bits per heavy atom. The van der Waals surface area contributed by atoms with Gasteiger partial charge in [-0.25, -0.2) is 17.9 Å². The molecule has 0 saturated carbocycles. The van der Waals surface area contributed by atoms with E-state index in [9.17, 15) is 18.0 Å². The Balaban J connectivity index is 1.79. The summed E-state index contributed by atoms with van der Waals surface area (Å²) in [5, 5.41) is 2.80. The lowest BCUT2D eigenvalue weighted by Gasteiger charge is -2.31. The van der Waals surface area contributed by atoms with Crippen LogP contribution in [-0.4, -0.2) is 57.6 Å². The second-order valence-corrected chi connectivity index (χ2v) is 7.85. The summed E-state index contributed by atoms with van der Waals surface area (Å²) in [5.41, 5.74) is 0.617. The highest BCUT2D eigenvalue weighted by molar-refractivity contribution is 7.89. The van der Waals surface area contributed by atoms with Crippen molar-refractivity contribution < 1.29 is 22.7 Å². The fraction of sp³-hybridized carbons (Fsp3) is 0.529. The van der Waals surface area contributed by atoms with E-state index in [1.165, 1.54) is 6.07 Å². The summed E-state index contributed by atoms with van der Waals surface area (Å²) in [7, 11) is -3.73. The molecule has 0 aliphatic carbocycles. The number of amides is 2. The molecule has 9 heteroatoms. The summed E-state index contributed by atoms with van der Waals surface area (Å²) >= 11 is 0. The first-order chi connectivity index (χ1) is 12.3. The zero-order chi connectivity index (χ0) is 19.2. The van der Waals surface area contributed by atoms with E-state index in [2.05, 4.69) is 10.0 Å². The van der Waals surface area contributed by atoms with Gasteiger partial charge in [0.1, 0.15) is 0 Å². The third kappa shape index (κ3) is 5.43. The fourth-order valence-electron chi connectivity index (χ4n) is 2.80. The molecule has 1 aromatic carbocycles. The van der Waals surface area contributed by atoms with Gasteiger partial charge in [0, 0.05) is 19.1 Å². The molecule has 2 rings (SSSR count). The van der Waals surface area contributed by atoms with Crippen LogP contribution in [0.5, 0.6) is 0 Å². The molecule has 0 bridgehead atoms. The number of ether oxygens (including phenoxy) is 1. The van der Waals surface area contributed by atoms with Gasteiger partial charge in [-0.3, -0.25) is 4.79 Å². The summed E-state index contributed by atoms with van der Waals surface area (Å²) in [6.07, 6.45) is 0.868. The zero-order valence-electron chi connectivity index (χ0n) is 15.0. The number of rotatable bonds is 6. The predicted molar refractivity (Wildman–Crippen MR) is 96.1 cm³/mol. The Labute approximate surface area is 153 Å². The number of piperidine rings is 1. The average Bonchev–Trinajstić information content (AvgIpc) is 2.61. The monoisotopic (exact) mass is 383 g/mol. The molecule has 144 valence electrons. The molecule has 1 saturated heterocycles. The van der Waals surface area contributed by atoms with Gasteiger partial charge in [0.25, 0.3) is 0 Å². The molecule has 1 aliphatic heterocycles. The van der Waals surface area contributed by atoms with E-state index in [-0.39, 0.29) is 23.6 Å². The number of carbonyl (C=O) groups excluding carboxylic acids is 2. The van der Waals surface area contributed by atoms with Crippen LogP contribution in [0.3, 0.4) is 0 Å². The molecular weight excluding hydrogens is 358 g/mol. The highest BCUT2D eigenvalue weighted by atomic mass is 32.2. The fourth-order valence-corrected chi connectivity index (χ4v) is 4.02. The van der Waals surface area contributed by atoms with Crippen LogP contribution in [0.1, 0.15) is 25.3 Å². The van der Waals surface area contributed by atoms with Gasteiger partial charge in [-0.1, -0.05) is 18.2 Å². The zero-order valence-corrected chi connectivity index (χ0v) is 15.8. The van der Waals surface area contributed by atoms with Gasteiger partial charge in [-0.15, -0.1) is 0 Å². The summed E-state index contributed by atoms with van der Waals surface area (Å²) < 4.78 is 31.8.